The lowest BCUT2D eigenvalue weighted by atomic mass is 10.1. The summed E-state index contributed by atoms with van der Waals surface area (Å²) in [7, 11) is 1.64. The number of methoxy groups -OCH3 is 1. The predicted molar refractivity (Wildman–Crippen MR) is 96.0 cm³/mol. The van der Waals surface area contributed by atoms with Gasteiger partial charge in [0.05, 0.1) is 18.4 Å². The summed E-state index contributed by atoms with van der Waals surface area (Å²) in [5.74, 6) is 0.813. The van der Waals surface area contributed by atoms with Crippen molar-refractivity contribution in [2.24, 2.45) is 0 Å². The molecule has 0 bridgehead atoms. The number of rotatable bonds is 6. The number of para-hydroxylation sites is 1. The fraction of sp³-hybridized carbons (Fsp3) is 0.316. The minimum absolute atomic E-state index is 0.0222. The van der Waals surface area contributed by atoms with Crippen molar-refractivity contribution in [2.75, 3.05) is 7.11 Å². The maximum atomic E-state index is 12.4. The van der Waals surface area contributed by atoms with Crippen molar-refractivity contribution in [1.82, 2.24) is 5.32 Å². The van der Waals surface area contributed by atoms with Crippen LogP contribution in [0.25, 0.3) is 0 Å². The van der Waals surface area contributed by atoms with Gasteiger partial charge in [-0.25, -0.2) is 0 Å². The largest absolute Gasteiger partial charge is 0.496 e. The Morgan fingerprint density at radius 3 is 2.39 bits per heavy atom. The molecule has 0 radical (unpaired) electrons. The summed E-state index contributed by atoms with van der Waals surface area (Å²) < 4.78 is 5.36. The number of thioether (sulfide) groups is 1. The van der Waals surface area contributed by atoms with E-state index >= 15 is 0 Å². The van der Waals surface area contributed by atoms with E-state index in [1.807, 2.05) is 50.2 Å². The van der Waals surface area contributed by atoms with E-state index in [1.54, 1.807) is 18.9 Å². The Hall–Kier alpha value is -1.94. The molecule has 122 valence electrons. The SMILES string of the molecule is COc1ccccc1C(C)NC(=O)C(C)Sc1ccc(C)cc1. The topological polar surface area (TPSA) is 38.3 Å². The Kier molecular flexibility index (Phi) is 6.11. The molecule has 0 aromatic heterocycles. The summed E-state index contributed by atoms with van der Waals surface area (Å²) >= 11 is 1.56. The van der Waals surface area contributed by atoms with Gasteiger partial charge in [0.1, 0.15) is 5.75 Å². The van der Waals surface area contributed by atoms with Crippen LogP contribution in [0, 0.1) is 6.92 Å². The standard InChI is InChI=1S/C19H23NO2S/c1-13-9-11-16(12-10-13)23-15(3)19(21)20-14(2)17-7-5-6-8-18(17)22-4/h5-12,14-15H,1-4H3,(H,20,21). The van der Waals surface area contributed by atoms with Crippen LogP contribution < -0.4 is 10.1 Å². The number of aryl methyl sites for hydroxylation is 1. The van der Waals surface area contributed by atoms with Gasteiger partial charge in [0.25, 0.3) is 0 Å². The maximum absolute atomic E-state index is 12.4. The first-order valence-electron chi connectivity index (χ1n) is 7.68. The third kappa shape index (κ3) is 4.76. The molecule has 0 heterocycles. The Balaban J connectivity index is 1.98. The first kappa shape index (κ1) is 17.4. The highest BCUT2D eigenvalue weighted by atomic mass is 32.2. The van der Waals surface area contributed by atoms with Gasteiger partial charge in [-0.3, -0.25) is 4.79 Å². The van der Waals surface area contributed by atoms with Gasteiger partial charge in [0.2, 0.25) is 5.91 Å². The Labute approximate surface area is 142 Å². The van der Waals surface area contributed by atoms with Gasteiger partial charge in [-0.2, -0.15) is 0 Å². The molecule has 1 amide bonds. The van der Waals surface area contributed by atoms with E-state index in [9.17, 15) is 4.79 Å². The highest BCUT2D eigenvalue weighted by Crippen LogP contribution is 2.27. The normalized spacial score (nSPS) is 13.2. The molecule has 1 N–H and O–H groups in total. The molecule has 0 fully saturated rings. The lowest BCUT2D eigenvalue weighted by Gasteiger charge is -2.19. The lowest BCUT2D eigenvalue weighted by molar-refractivity contribution is -0.120. The van der Waals surface area contributed by atoms with Crippen LogP contribution in [0.15, 0.2) is 53.4 Å². The van der Waals surface area contributed by atoms with Crippen LogP contribution in [0.2, 0.25) is 0 Å². The van der Waals surface area contributed by atoms with E-state index in [1.165, 1.54) is 5.56 Å². The van der Waals surface area contributed by atoms with Crippen molar-refractivity contribution in [2.45, 2.75) is 37.0 Å². The zero-order valence-electron chi connectivity index (χ0n) is 14.0. The third-order valence-corrected chi connectivity index (χ3v) is 4.78. The van der Waals surface area contributed by atoms with Crippen molar-refractivity contribution in [1.29, 1.82) is 0 Å². The van der Waals surface area contributed by atoms with Crippen LogP contribution in [0.3, 0.4) is 0 Å². The Bertz CT molecular complexity index is 655. The summed E-state index contributed by atoms with van der Waals surface area (Å²) in [4.78, 5) is 13.5. The van der Waals surface area contributed by atoms with Crippen molar-refractivity contribution < 1.29 is 9.53 Å². The van der Waals surface area contributed by atoms with Crippen molar-refractivity contribution >= 4 is 17.7 Å². The van der Waals surface area contributed by atoms with Crippen LogP contribution in [-0.4, -0.2) is 18.3 Å². The second kappa shape index (κ2) is 8.06. The van der Waals surface area contributed by atoms with Gasteiger partial charge in [0.15, 0.2) is 0 Å². The van der Waals surface area contributed by atoms with Gasteiger partial charge in [-0.15, -0.1) is 11.8 Å². The van der Waals surface area contributed by atoms with Crippen molar-refractivity contribution in [3.05, 3.63) is 59.7 Å². The zero-order chi connectivity index (χ0) is 16.8. The van der Waals surface area contributed by atoms with Crippen LogP contribution >= 0.6 is 11.8 Å². The number of ether oxygens (including phenoxy) is 1. The molecule has 0 spiro atoms. The van der Waals surface area contributed by atoms with Crippen LogP contribution in [0.5, 0.6) is 5.75 Å². The highest BCUT2D eigenvalue weighted by Gasteiger charge is 2.19. The number of carbonyl (C=O) groups excluding carboxylic acids is 1. The summed E-state index contributed by atoms with van der Waals surface area (Å²) in [5, 5.41) is 2.90. The first-order chi connectivity index (χ1) is 11.0. The lowest BCUT2D eigenvalue weighted by Crippen LogP contribution is -2.33. The van der Waals surface area contributed by atoms with E-state index in [-0.39, 0.29) is 17.2 Å². The minimum Gasteiger partial charge on any atom is -0.496 e. The van der Waals surface area contributed by atoms with Crippen LogP contribution in [0.4, 0.5) is 0 Å². The van der Waals surface area contributed by atoms with Crippen LogP contribution in [-0.2, 0) is 4.79 Å². The van der Waals surface area contributed by atoms with Gasteiger partial charge in [-0.05, 0) is 39.0 Å². The van der Waals surface area contributed by atoms with Gasteiger partial charge < -0.3 is 10.1 Å². The van der Waals surface area contributed by atoms with Gasteiger partial charge in [-0.1, -0.05) is 35.9 Å². The predicted octanol–water partition coefficient (Wildman–Crippen LogP) is 4.36. The number of benzene rings is 2. The molecule has 3 nitrogen and oxygen atoms in total. The summed E-state index contributed by atoms with van der Waals surface area (Å²) in [6.07, 6.45) is 0. The number of hydrogen-bond acceptors (Lipinski definition) is 3. The molecule has 0 aliphatic heterocycles. The minimum atomic E-state index is -0.158. The molecule has 23 heavy (non-hydrogen) atoms. The molecule has 2 aromatic rings. The number of amides is 1. The quantitative estimate of drug-likeness (QED) is 0.800. The average Bonchev–Trinajstić information content (AvgIpc) is 2.56. The number of nitrogens with one attached hydrogen (secondary N) is 1. The molecule has 2 atom stereocenters. The second-order valence-corrected chi connectivity index (χ2v) is 6.96. The van der Waals surface area contributed by atoms with E-state index in [0.717, 1.165) is 16.2 Å². The summed E-state index contributed by atoms with van der Waals surface area (Å²) in [6.45, 7) is 5.95. The maximum Gasteiger partial charge on any atom is 0.233 e. The molecule has 0 saturated heterocycles. The fourth-order valence-corrected chi connectivity index (χ4v) is 3.18. The molecular weight excluding hydrogens is 306 g/mol. The Morgan fingerprint density at radius 2 is 1.74 bits per heavy atom. The average molecular weight is 329 g/mol. The molecule has 0 aliphatic rings. The first-order valence-corrected chi connectivity index (χ1v) is 8.56. The third-order valence-electron chi connectivity index (χ3n) is 3.67. The molecular formula is C19H23NO2S. The zero-order valence-corrected chi connectivity index (χ0v) is 14.8. The summed E-state index contributed by atoms with van der Waals surface area (Å²) in [5.41, 5.74) is 2.20. The van der Waals surface area contributed by atoms with E-state index in [0.29, 0.717) is 0 Å². The van der Waals surface area contributed by atoms with Crippen molar-refractivity contribution in [3.63, 3.8) is 0 Å². The second-order valence-electron chi connectivity index (χ2n) is 5.55. The molecule has 2 rings (SSSR count). The smallest absolute Gasteiger partial charge is 0.233 e. The number of hydrogen-bond donors (Lipinski definition) is 1. The monoisotopic (exact) mass is 329 g/mol. The molecule has 0 aliphatic carbocycles. The van der Waals surface area contributed by atoms with Crippen LogP contribution in [0.1, 0.15) is 31.0 Å². The van der Waals surface area contributed by atoms with E-state index in [4.69, 9.17) is 4.74 Å². The van der Waals surface area contributed by atoms with Gasteiger partial charge >= 0.3 is 0 Å². The van der Waals surface area contributed by atoms with Crippen molar-refractivity contribution in [3.8, 4) is 5.75 Å². The summed E-state index contributed by atoms with van der Waals surface area (Å²) in [6, 6.07) is 15.9. The van der Waals surface area contributed by atoms with E-state index in [2.05, 4.69) is 24.4 Å². The highest BCUT2D eigenvalue weighted by molar-refractivity contribution is 8.00. The van der Waals surface area contributed by atoms with E-state index < -0.39 is 0 Å². The molecule has 0 saturated carbocycles. The van der Waals surface area contributed by atoms with Gasteiger partial charge in [0, 0.05) is 10.5 Å². The number of carbonyl (C=O) groups is 1. The molecule has 2 aromatic carbocycles. The fourth-order valence-electron chi connectivity index (χ4n) is 2.31. The molecule has 4 heteroatoms. The Morgan fingerprint density at radius 1 is 1.09 bits per heavy atom. The molecule has 2 unspecified atom stereocenters.